The molecule has 0 heterocycles. The lowest BCUT2D eigenvalue weighted by molar-refractivity contribution is -0.0120. The van der Waals surface area contributed by atoms with Crippen molar-refractivity contribution in [3.63, 3.8) is 0 Å². The highest BCUT2D eigenvalue weighted by atomic mass is 31.1. The standard InChI is InChI=1S/C31H45P3/c1-27(2,3)30(32,28(4,5)6)25-13-12-23(22-10-8-7-9-11-22)17-26(25)29-18-20-14-21(19-29)16-24(15-20)31(29,33)34/h7-13,17,20-21,24H,14-16,18-19,32-34H2,1-6H3. The highest BCUT2D eigenvalue weighted by Gasteiger charge is 2.64. The van der Waals surface area contributed by atoms with Gasteiger partial charge in [-0.2, -0.15) is 0 Å². The van der Waals surface area contributed by atoms with Crippen molar-refractivity contribution in [3.8, 4) is 11.1 Å². The van der Waals surface area contributed by atoms with Crippen molar-refractivity contribution in [1.29, 1.82) is 0 Å². The van der Waals surface area contributed by atoms with E-state index in [2.05, 4.69) is 118 Å². The van der Waals surface area contributed by atoms with E-state index in [0.29, 0.717) is 0 Å². The molecule has 0 radical (unpaired) electrons. The topological polar surface area (TPSA) is 0 Å². The fourth-order valence-electron chi connectivity index (χ4n) is 8.58. The zero-order chi connectivity index (χ0) is 24.7. The summed E-state index contributed by atoms with van der Waals surface area (Å²) in [4.78, 5) is 0.172. The number of rotatable bonds is 3. The van der Waals surface area contributed by atoms with E-state index < -0.39 is 0 Å². The Balaban J connectivity index is 1.82. The Morgan fingerprint density at radius 1 is 0.735 bits per heavy atom. The van der Waals surface area contributed by atoms with Gasteiger partial charge in [0.25, 0.3) is 0 Å². The summed E-state index contributed by atoms with van der Waals surface area (Å²) in [6.45, 7) is 14.6. The van der Waals surface area contributed by atoms with Crippen LogP contribution < -0.4 is 0 Å². The van der Waals surface area contributed by atoms with Crippen LogP contribution in [0.3, 0.4) is 0 Å². The summed E-state index contributed by atoms with van der Waals surface area (Å²) < 4.78 is 0. The first-order valence-corrected chi connectivity index (χ1v) is 15.0. The van der Waals surface area contributed by atoms with Gasteiger partial charge in [0.15, 0.2) is 0 Å². The Morgan fingerprint density at radius 3 is 1.82 bits per heavy atom. The molecule has 4 aliphatic rings. The van der Waals surface area contributed by atoms with E-state index in [4.69, 9.17) is 0 Å². The number of hydrogen-bond donors (Lipinski definition) is 0. The quantitative estimate of drug-likeness (QED) is 0.361. The monoisotopic (exact) mass is 510 g/mol. The summed E-state index contributed by atoms with van der Waals surface area (Å²) in [5, 5.41) is -0.0424. The van der Waals surface area contributed by atoms with E-state index in [0.717, 1.165) is 17.8 Å². The first-order valence-electron chi connectivity index (χ1n) is 13.3. The molecular weight excluding hydrogens is 465 g/mol. The van der Waals surface area contributed by atoms with Gasteiger partial charge in [0, 0.05) is 15.5 Å². The van der Waals surface area contributed by atoms with Gasteiger partial charge in [-0.3, -0.25) is 0 Å². The third-order valence-corrected chi connectivity index (χ3v) is 14.2. The molecule has 0 amide bonds. The van der Waals surface area contributed by atoms with Crippen LogP contribution in [0.2, 0.25) is 0 Å². The molecule has 4 bridgehead atoms. The van der Waals surface area contributed by atoms with Crippen LogP contribution in [0.4, 0.5) is 0 Å². The predicted octanol–water partition coefficient (Wildman–Crippen LogP) is 9.04. The molecule has 184 valence electrons. The Labute approximate surface area is 215 Å². The van der Waals surface area contributed by atoms with Crippen LogP contribution in [0.5, 0.6) is 0 Å². The first kappa shape index (κ1) is 25.4. The summed E-state index contributed by atoms with van der Waals surface area (Å²) in [6.07, 6.45) is 6.98. The van der Waals surface area contributed by atoms with Crippen LogP contribution in [0.1, 0.15) is 84.8 Å². The third kappa shape index (κ3) is 3.56. The molecule has 3 heteroatoms. The lowest BCUT2D eigenvalue weighted by Crippen LogP contribution is -2.62. The number of benzene rings is 2. The van der Waals surface area contributed by atoms with Crippen LogP contribution in [0, 0.1) is 28.6 Å². The molecule has 0 spiro atoms. The molecule has 0 aliphatic heterocycles. The van der Waals surface area contributed by atoms with E-state index in [1.54, 1.807) is 11.1 Å². The van der Waals surface area contributed by atoms with Gasteiger partial charge >= 0.3 is 0 Å². The molecule has 0 saturated heterocycles. The summed E-state index contributed by atoms with van der Waals surface area (Å²) in [7, 11) is 10.2. The van der Waals surface area contributed by atoms with Gasteiger partial charge in [-0.05, 0) is 82.9 Å². The molecule has 2 aromatic rings. The molecule has 0 nitrogen and oxygen atoms in total. The summed E-state index contributed by atoms with van der Waals surface area (Å²) >= 11 is 0. The first-order chi connectivity index (χ1) is 15.7. The Morgan fingerprint density at radius 2 is 1.29 bits per heavy atom. The minimum absolute atomic E-state index is 0.0424. The largest absolute Gasteiger partial charge is 0.126 e. The Bertz CT molecular complexity index is 1040. The molecule has 5 atom stereocenters. The molecule has 5 unspecified atom stereocenters. The van der Waals surface area contributed by atoms with E-state index in [9.17, 15) is 0 Å². The highest BCUT2D eigenvalue weighted by Crippen LogP contribution is 2.72. The van der Waals surface area contributed by atoms with Gasteiger partial charge in [0.1, 0.15) is 0 Å². The molecule has 6 rings (SSSR count). The molecule has 34 heavy (non-hydrogen) atoms. The lowest BCUT2D eigenvalue weighted by atomic mass is 9.46. The molecule has 0 N–H and O–H groups in total. The summed E-state index contributed by atoms with van der Waals surface area (Å²) in [5.41, 5.74) is 6.31. The second-order valence-electron chi connectivity index (χ2n) is 14.0. The fourth-order valence-corrected chi connectivity index (χ4v) is 10.2. The van der Waals surface area contributed by atoms with Crippen LogP contribution in [0.25, 0.3) is 11.1 Å². The lowest BCUT2D eigenvalue weighted by Gasteiger charge is -2.67. The van der Waals surface area contributed by atoms with Gasteiger partial charge in [0.2, 0.25) is 0 Å². The summed E-state index contributed by atoms with van der Waals surface area (Å²) in [6, 6.07) is 18.6. The second-order valence-corrected chi connectivity index (χ2v) is 17.4. The molecule has 2 aromatic carbocycles. The fraction of sp³-hybridized carbons (Fsp3) is 0.613. The van der Waals surface area contributed by atoms with E-state index in [1.807, 2.05) is 0 Å². The van der Waals surface area contributed by atoms with Gasteiger partial charge in [-0.15, -0.1) is 27.7 Å². The number of hydrogen-bond acceptors (Lipinski definition) is 0. The van der Waals surface area contributed by atoms with Gasteiger partial charge in [-0.1, -0.05) is 90.1 Å². The average molecular weight is 511 g/mol. The van der Waals surface area contributed by atoms with Crippen molar-refractivity contribution in [2.24, 2.45) is 28.6 Å². The van der Waals surface area contributed by atoms with Crippen molar-refractivity contribution >= 4 is 27.7 Å². The van der Waals surface area contributed by atoms with E-state index >= 15 is 0 Å². The van der Waals surface area contributed by atoms with Crippen molar-refractivity contribution in [2.75, 3.05) is 0 Å². The van der Waals surface area contributed by atoms with Crippen molar-refractivity contribution in [1.82, 2.24) is 0 Å². The molecule has 4 saturated carbocycles. The van der Waals surface area contributed by atoms with Crippen molar-refractivity contribution < 1.29 is 0 Å². The summed E-state index contributed by atoms with van der Waals surface area (Å²) in [5.74, 6) is 2.58. The minimum atomic E-state index is -0.0424. The van der Waals surface area contributed by atoms with Crippen LogP contribution in [-0.2, 0) is 10.6 Å². The molecule has 0 aromatic heterocycles. The van der Waals surface area contributed by atoms with Crippen LogP contribution in [0.15, 0.2) is 48.5 Å². The van der Waals surface area contributed by atoms with Crippen molar-refractivity contribution in [2.45, 2.75) is 89.1 Å². The minimum Gasteiger partial charge on any atom is -0.126 e. The average Bonchev–Trinajstić information content (AvgIpc) is 2.75. The van der Waals surface area contributed by atoms with Crippen LogP contribution >= 0.6 is 27.7 Å². The van der Waals surface area contributed by atoms with Crippen molar-refractivity contribution in [3.05, 3.63) is 59.7 Å². The Kier molecular flexibility index (Phi) is 6.06. The zero-order valence-corrected chi connectivity index (χ0v) is 25.6. The van der Waals surface area contributed by atoms with Gasteiger partial charge in [-0.25, -0.2) is 0 Å². The van der Waals surface area contributed by atoms with Gasteiger partial charge in [0.05, 0.1) is 0 Å². The molecule has 4 fully saturated rings. The van der Waals surface area contributed by atoms with Gasteiger partial charge < -0.3 is 0 Å². The molecular formula is C31H45P3. The Hall–Kier alpha value is -0.270. The smallest absolute Gasteiger partial charge is 0.0197 e. The van der Waals surface area contributed by atoms with E-state index in [1.165, 1.54) is 43.2 Å². The predicted molar refractivity (Wildman–Crippen MR) is 160 cm³/mol. The third-order valence-electron chi connectivity index (χ3n) is 10.1. The normalized spacial score (nSPS) is 30.6. The van der Waals surface area contributed by atoms with Crippen LogP contribution in [-0.4, -0.2) is 4.90 Å². The second kappa shape index (κ2) is 8.11. The molecule has 4 aliphatic carbocycles. The van der Waals surface area contributed by atoms with E-state index in [-0.39, 0.29) is 26.3 Å². The maximum Gasteiger partial charge on any atom is 0.0197 e. The maximum atomic E-state index is 3.41. The SMILES string of the molecule is CC(C)(C)C(P)(c1ccc(-c2ccccc2)cc1C12CC3CC(CC(C3)C1(P)P)C2)C(C)(C)C. The zero-order valence-electron chi connectivity index (χ0n) is 22.1. The maximum absolute atomic E-state index is 3.41. The highest BCUT2D eigenvalue weighted by molar-refractivity contribution is 7.40.